The van der Waals surface area contributed by atoms with Gasteiger partial charge in [0, 0.05) is 18.0 Å². The molecular formula is C20H31NO5. The lowest BCUT2D eigenvalue weighted by atomic mass is 9.78. The molecule has 0 amide bonds. The van der Waals surface area contributed by atoms with Gasteiger partial charge in [0.1, 0.15) is 0 Å². The fourth-order valence-corrected chi connectivity index (χ4v) is 4.52. The van der Waals surface area contributed by atoms with Gasteiger partial charge in [0.2, 0.25) is 0 Å². The Kier molecular flexibility index (Phi) is 6.73. The molecule has 3 aliphatic carbocycles. The standard InChI is InChI=1S/C20H31NO5/c22-18(13-5-2-1-3-6-13)9-8-14-15-11-17(16(15)12-19(14)23)21-26-10-4-7-20(24)25/h8-9,13-15,18-19,21-23H,1-7,10-12H2,(H,24,25)/t14?,15-,18?,19?/m0/s1. The molecule has 0 saturated heterocycles. The van der Waals surface area contributed by atoms with Crippen molar-refractivity contribution in [1.29, 1.82) is 0 Å². The summed E-state index contributed by atoms with van der Waals surface area (Å²) in [4.78, 5) is 15.8. The number of hydroxylamine groups is 1. The average molecular weight is 365 g/mol. The molecule has 146 valence electrons. The molecule has 26 heavy (non-hydrogen) atoms. The third-order valence-electron chi connectivity index (χ3n) is 6.09. The van der Waals surface area contributed by atoms with Crippen LogP contribution < -0.4 is 5.48 Å². The van der Waals surface area contributed by atoms with Gasteiger partial charge < -0.3 is 15.3 Å². The quantitative estimate of drug-likeness (QED) is 0.285. The number of aliphatic carboxylic acids is 1. The fraction of sp³-hybridized carbons (Fsp3) is 0.750. The number of allylic oxidation sites excluding steroid dienone is 1. The van der Waals surface area contributed by atoms with Crippen LogP contribution in [0.15, 0.2) is 23.4 Å². The van der Waals surface area contributed by atoms with Gasteiger partial charge in [-0.3, -0.25) is 15.1 Å². The van der Waals surface area contributed by atoms with E-state index in [1.807, 2.05) is 12.2 Å². The second-order valence-corrected chi connectivity index (χ2v) is 7.88. The van der Waals surface area contributed by atoms with Gasteiger partial charge in [-0.05, 0) is 49.5 Å². The Balaban J connectivity index is 1.45. The summed E-state index contributed by atoms with van der Waals surface area (Å²) in [6, 6.07) is 0. The maximum absolute atomic E-state index is 10.5. The van der Waals surface area contributed by atoms with Crippen molar-refractivity contribution in [2.75, 3.05) is 6.61 Å². The van der Waals surface area contributed by atoms with E-state index >= 15 is 0 Å². The van der Waals surface area contributed by atoms with Crippen molar-refractivity contribution in [2.45, 2.75) is 70.0 Å². The SMILES string of the molecule is O=C(O)CCCONC1=C2CC(O)C(C=CC(O)C3CCCCC3)[C@@H]2C1. The summed E-state index contributed by atoms with van der Waals surface area (Å²) in [6.07, 6.45) is 11.1. The monoisotopic (exact) mass is 365 g/mol. The van der Waals surface area contributed by atoms with Crippen molar-refractivity contribution in [1.82, 2.24) is 5.48 Å². The number of nitrogens with one attached hydrogen (secondary N) is 1. The average Bonchev–Trinajstić information content (AvgIpc) is 2.87. The highest BCUT2D eigenvalue weighted by atomic mass is 16.6. The molecule has 6 heteroatoms. The van der Waals surface area contributed by atoms with Gasteiger partial charge in [0.25, 0.3) is 0 Å². The zero-order valence-corrected chi connectivity index (χ0v) is 15.3. The molecule has 3 rings (SSSR count). The summed E-state index contributed by atoms with van der Waals surface area (Å²) in [6.45, 7) is 0.354. The van der Waals surface area contributed by atoms with Crippen LogP contribution in [0.1, 0.15) is 57.8 Å². The Morgan fingerprint density at radius 2 is 2.04 bits per heavy atom. The number of hydrogen-bond acceptors (Lipinski definition) is 5. The number of carbonyl (C=O) groups is 1. The van der Waals surface area contributed by atoms with Gasteiger partial charge in [0.05, 0.1) is 18.8 Å². The van der Waals surface area contributed by atoms with E-state index in [9.17, 15) is 15.0 Å². The second kappa shape index (κ2) is 9.02. The Bertz CT molecular complexity index is 552. The minimum Gasteiger partial charge on any atom is -0.481 e. The lowest BCUT2D eigenvalue weighted by molar-refractivity contribution is -0.137. The van der Waals surface area contributed by atoms with E-state index in [-0.39, 0.29) is 12.3 Å². The molecule has 4 N–H and O–H groups in total. The van der Waals surface area contributed by atoms with E-state index in [0.717, 1.165) is 25.0 Å². The first kappa shape index (κ1) is 19.4. The summed E-state index contributed by atoms with van der Waals surface area (Å²) in [5, 5.41) is 29.4. The van der Waals surface area contributed by atoms with Gasteiger partial charge in [0.15, 0.2) is 0 Å². The Labute approximate surface area is 154 Å². The van der Waals surface area contributed by atoms with Crippen molar-refractivity contribution >= 4 is 5.97 Å². The normalized spacial score (nSPS) is 30.3. The summed E-state index contributed by atoms with van der Waals surface area (Å²) in [7, 11) is 0. The molecule has 3 unspecified atom stereocenters. The van der Waals surface area contributed by atoms with Gasteiger partial charge >= 0.3 is 5.97 Å². The molecule has 2 fully saturated rings. The lowest BCUT2D eigenvalue weighted by Gasteiger charge is -2.31. The minimum absolute atomic E-state index is 0.0702. The summed E-state index contributed by atoms with van der Waals surface area (Å²) in [5.41, 5.74) is 5.15. The molecule has 4 atom stereocenters. The highest BCUT2D eigenvalue weighted by Crippen LogP contribution is 2.49. The van der Waals surface area contributed by atoms with E-state index in [0.29, 0.717) is 31.3 Å². The predicted molar refractivity (Wildman–Crippen MR) is 96.9 cm³/mol. The van der Waals surface area contributed by atoms with Gasteiger partial charge in [-0.15, -0.1) is 0 Å². The highest BCUT2D eigenvalue weighted by molar-refractivity contribution is 5.66. The number of aliphatic hydroxyl groups excluding tert-OH is 2. The molecule has 0 aromatic carbocycles. The second-order valence-electron chi connectivity index (χ2n) is 7.88. The van der Waals surface area contributed by atoms with E-state index < -0.39 is 18.2 Å². The van der Waals surface area contributed by atoms with Crippen LogP contribution in [0.25, 0.3) is 0 Å². The number of hydrogen-bond donors (Lipinski definition) is 4. The first-order valence-electron chi connectivity index (χ1n) is 9.92. The molecule has 0 bridgehead atoms. The highest BCUT2D eigenvalue weighted by Gasteiger charge is 2.45. The fourth-order valence-electron chi connectivity index (χ4n) is 4.52. The lowest BCUT2D eigenvalue weighted by Crippen LogP contribution is -2.30. The first-order valence-corrected chi connectivity index (χ1v) is 9.92. The Morgan fingerprint density at radius 3 is 2.77 bits per heavy atom. The maximum Gasteiger partial charge on any atom is 0.303 e. The van der Waals surface area contributed by atoms with Crippen molar-refractivity contribution < 1.29 is 25.0 Å². The molecule has 2 saturated carbocycles. The smallest absolute Gasteiger partial charge is 0.303 e. The van der Waals surface area contributed by atoms with E-state index in [2.05, 4.69) is 5.48 Å². The topological polar surface area (TPSA) is 99.0 Å². The number of fused-ring (bicyclic) bond motifs is 1. The Morgan fingerprint density at radius 1 is 1.27 bits per heavy atom. The number of carboxylic acid groups (broad SMARTS) is 1. The van der Waals surface area contributed by atoms with Crippen LogP contribution in [0.5, 0.6) is 0 Å². The van der Waals surface area contributed by atoms with Crippen LogP contribution in [-0.2, 0) is 9.63 Å². The van der Waals surface area contributed by atoms with Crippen LogP contribution in [0.3, 0.4) is 0 Å². The number of aliphatic hydroxyl groups is 2. The molecule has 0 aromatic heterocycles. The summed E-state index contributed by atoms with van der Waals surface area (Å²) < 4.78 is 0. The maximum atomic E-state index is 10.5. The van der Waals surface area contributed by atoms with E-state index in [1.165, 1.54) is 24.8 Å². The largest absolute Gasteiger partial charge is 0.481 e. The van der Waals surface area contributed by atoms with E-state index in [4.69, 9.17) is 9.94 Å². The molecule has 0 aliphatic heterocycles. The molecule has 3 aliphatic rings. The van der Waals surface area contributed by atoms with Crippen LogP contribution in [0.4, 0.5) is 0 Å². The minimum atomic E-state index is -0.816. The van der Waals surface area contributed by atoms with Crippen molar-refractivity contribution in [3.05, 3.63) is 23.4 Å². The molecule has 0 heterocycles. The van der Waals surface area contributed by atoms with Gasteiger partial charge in [-0.1, -0.05) is 31.4 Å². The predicted octanol–water partition coefficient (Wildman–Crippen LogP) is 2.52. The summed E-state index contributed by atoms with van der Waals surface area (Å²) in [5.74, 6) is -0.0552. The molecule has 0 spiro atoms. The molecule has 0 aromatic rings. The van der Waals surface area contributed by atoms with Crippen molar-refractivity contribution in [2.24, 2.45) is 17.8 Å². The third-order valence-corrected chi connectivity index (χ3v) is 6.09. The zero-order chi connectivity index (χ0) is 18.5. The van der Waals surface area contributed by atoms with Gasteiger partial charge in [-0.25, -0.2) is 0 Å². The Hall–Kier alpha value is -1.37. The van der Waals surface area contributed by atoms with Crippen LogP contribution in [0, 0.1) is 17.8 Å². The van der Waals surface area contributed by atoms with Crippen LogP contribution in [-0.4, -0.2) is 40.1 Å². The van der Waals surface area contributed by atoms with E-state index in [1.54, 1.807) is 0 Å². The van der Waals surface area contributed by atoms with Crippen molar-refractivity contribution in [3.8, 4) is 0 Å². The summed E-state index contributed by atoms with van der Waals surface area (Å²) >= 11 is 0. The zero-order valence-electron chi connectivity index (χ0n) is 15.3. The van der Waals surface area contributed by atoms with Gasteiger partial charge in [-0.2, -0.15) is 0 Å². The molecule has 6 nitrogen and oxygen atoms in total. The number of rotatable bonds is 9. The first-order chi connectivity index (χ1) is 12.6. The van der Waals surface area contributed by atoms with Crippen molar-refractivity contribution in [3.63, 3.8) is 0 Å². The molecule has 0 radical (unpaired) electrons. The molecular weight excluding hydrogens is 334 g/mol. The van der Waals surface area contributed by atoms with Crippen LogP contribution in [0.2, 0.25) is 0 Å². The van der Waals surface area contributed by atoms with Crippen LogP contribution >= 0.6 is 0 Å². The third kappa shape index (κ3) is 4.67. The number of carboxylic acids is 1.